The second-order valence-corrected chi connectivity index (χ2v) is 25.7. The van der Waals surface area contributed by atoms with Crippen molar-refractivity contribution in [3.05, 3.63) is 240 Å². The van der Waals surface area contributed by atoms with Crippen LogP contribution < -0.4 is 30.9 Å². The van der Waals surface area contributed by atoms with E-state index in [4.69, 9.17) is 4.74 Å². The third-order valence-corrected chi connectivity index (χ3v) is 18.3. The van der Waals surface area contributed by atoms with E-state index < -0.39 is 0 Å². The maximum absolute atomic E-state index is 8.13. The molecule has 384 valence electrons. The molecule has 4 nitrogen and oxygen atoms in total. The molecule has 0 spiro atoms. The van der Waals surface area contributed by atoms with E-state index in [9.17, 15) is 0 Å². The number of hydrogen-bond donors (Lipinski definition) is 0. The molecule has 0 bridgehead atoms. The molecule has 1 aromatic heterocycles. The highest BCUT2D eigenvalue weighted by Gasteiger charge is 2.48. The van der Waals surface area contributed by atoms with Gasteiger partial charge in [-0.3, -0.25) is 0 Å². The van der Waals surface area contributed by atoms with Gasteiger partial charge in [0, 0.05) is 56.1 Å². The van der Waals surface area contributed by atoms with Crippen molar-refractivity contribution in [2.45, 2.75) is 90.9 Å². The van der Waals surface area contributed by atoms with Gasteiger partial charge in [0.05, 0.1) is 22.4 Å². The average molecular weight is 1020 g/mol. The van der Waals surface area contributed by atoms with Crippen molar-refractivity contribution in [2.75, 3.05) is 9.80 Å². The number of nitrogens with zero attached hydrogens (tertiary/aromatic N) is 3. The summed E-state index contributed by atoms with van der Waals surface area (Å²) in [6.45, 7) is 23.4. The second-order valence-electron chi connectivity index (χ2n) is 25.7. The summed E-state index contributed by atoms with van der Waals surface area (Å²) in [5, 5.41) is 2.49. The van der Waals surface area contributed by atoms with Crippen molar-refractivity contribution in [1.82, 2.24) is 4.57 Å². The monoisotopic (exact) mass is 1020 g/mol. The van der Waals surface area contributed by atoms with Crippen LogP contribution in [0, 0.1) is 0 Å². The quantitative estimate of drug-likeness (QED) is 0.160. The van der Waals surface area contributed by atoms with Crippen molar-refractivity contribution in [3.63, 3.8) is 0 Å². The molecule has 0 amide bonds. The lowest BCUT2D eigenvalue weighted by Gasteiger charge is -2.42. The number of rotatable bonds is 5. The molecule has 0 unspecified atom stereocenters. The molecule has 15 rings (SSSR count). The van der Waals surface area contributed by atoms with Crippen LogP contribution in [0.4, 0.5) is 34.1 Å². The highest BCUT2D eigenvalue weighted by Crippen LogP contribution is 2.57. The van der Waals surface area contributed by atoms with E-state index in [0.717, 1.165) is 45.6 Å². The number of fused-ring (bicyclic) bond motifs is 13. The van der Waals surface area contributed by atoms with E-state index in [1.54, 1.807) is 0 Å². The van der Waals surface area contributed by atoms with Crippen LogP contribution in [0.1, 0.15) is 103 Å². The molecule has 11 aromatic rings. The first-order valence-electron chi connectivity index (χ1n) is 28.3. The number of para-hydroxylation sites is 3. The molecule has 0 saturated carbocycles. The molecule has 3 heterocycles. The van der Waals surface area contributed by atoms with Gasteiger partial charge in [-0.15, -0.1) is 0 Å². The summed E-state index contributed by atoms with van der Waals surface area (Å²) in [4.78, 5) is 4.91. The van der Waals surface area contributed by atoms with Gasteiger partial charge in [0.2, 0.25) is 0 Å². The summed E-state index contributed by atoms with van der Waals surface area (Å²) in [6.07, 6.45) is 0. The molecule has 2 aliphatic heterocycles. The summed E-state index contributed by atoms with van der Waals surface area (Å²) in [5.41, 5.74) is 26.1. The fourth-order valence-corrected chi connectivity index (χ4v) is 14.3. The number of hydrogen-bond acceptors (Lipinski definition) is 3. The Hall–Kier alpha value is -8.54. The zero-order valence-corrected chi connectivity index (χ0v) is 47.0. The van der Waals surface area contributed by atoms with Crippen LogP contribution in [-0.4, -0.2) is 11.3 Å². The van der Waals surface area contributed by atoms with Crippen LogP contribution in [0.3, 0.4) is 0 Å². The molecular weight excluding hydrogens is 958 g/mol. The SMILES string of the molecule is CC(C)(C)c1ccc(N2c3ccc(C(C)(C)C)cc3B3c4cc5c(c(-n6c7ccccc7c7cc8c(cc76)-c6ccccc6C8(C)C)c4Oc4cc(N(c6ccccc6)c6ccccc6)cc2c43)C(C)(C)c2ccccc2-5)cc1. The lowest BCUT2D eigenvalue weighted by atomic mass is 9.33. The molecule has 0 fully saturated rings. The molecule has 79 heavy (non-hydrogen) atoms. The summed E-state index contributed by atoms with van der Waals surface area (Å²) < 4.78 is 10.7. The molecule has 10 aromatic carbocycles. The molecule has 4 aliphatic rings. The van der Waals surface area contributed by atoms with E-state index in [-0.39, 0.29) is 28.4 Å². The Labute approximate surface area is 465 Å². The molecular formula is C74H64BN3O. The lowest BCUT2D eigenvalue weighted by molar-refractivity contribution is 0.483. The average Bonchev–Trinajstić information content (AvgIpc) is 3.90. The Morgan fingerprint density at radius 1 is 0.443 bits per heavy atom. The van der Waals surface area contributed by atoms with Crippen molar-refractivity contribution >= 4 is 79.0 Å². The summed E-state index contributed by atoms with van der Waals surface area (Å²) in [5.74, 6) is 1.77. The van der Waals surface area contributed by atoms with Crippen LogP contribution >= 0.6 is 0 Å². The maximum Gasteiger partial charge on any atom is 0.256 e. The summed E-state index contributed by atoms with van der Waals surface area (Å²) in [6, 6.07) is 77.8. The van der Waals surface area contributed by atoms with E-state index in [0.29, 0.717) is 0 Å². The van der Waals surface area contributed by atoms with Crippen LogP contribution in [0.2, 0.25) is 0 Å². The molecule has 2 aliphatic carbocycles. The first-order valence-corrected chi connectivity index (χ1v) is 28.3. The number of benzene rings is 10. The van der Waals surface area contributed by atoms with E-state index >= 15 is 0 Å². The van der Waals surface area contributed by atoms with Gasteiger partial charge in [-0.25, -0.2) is 0 Å². The minimum absolute atomic E-state index is 0.00378. The predicted molar refractivity (Wildman–Crippen MR) is 334 cm³/mol. The summed E-state index contributed by atoms with van der Waals surface area (Å²) >= 11 is 0. The van der Waals surface area contributed by atoms with Gasteiger partial charge in [0.1, 0.15) is 11.5 Å². The Kier molecular flexibility index (Phi) is 9.96. The first-order chi connectivity index (χ1) is 38.0. The second kappa shape index (κ2) is 16.5. The normalized spacial score (nSPS) is 15.0. The van der Waals surface area contributed by atoms with Crippen molar-refractivity contribution in [2.24, 2.45) is 0 Å². The van der Waals surface area contributed by atoms with Gasteiger partial charge in [0.15, 0.2) is 0 Å². The van der Waals surface area contributed by atoms with Crippen LogP contribution in [-0.2, 0) is 21.7 Å². The Morgan fingerprint density at radius 2 is 1.04 bits per heavy atom. The van der Waals surface area contributed by atoms with E-state index in [1.807, 2.05) is 0 Å². The minimum atomic E-state index is -0.382. The van der Waals surface area contributed by atoms with Gasteiger partial charge < -0.3 is 19.1 Å². The Bertz CT molecular complexity index is 4320. The van der Waals surface area contributed by atoms with Crippen LogP contribution in [0.25, 0.3) is 49.7 Å². The zero-order valence-electron chi connectivity index (χ0n) is 47.0. The number of anilines is 6. The Balaban J connectivity index is 1.09. The fraction of sp³-hybridized carbons (Fsp3) is 0.189. The topological polar surface area (TPSA) is 20.6 Å². The van der Waals surface area contributed by atoms with Crippen LogP contribution in [0.5, 0.6) is 11.5 Å². The lowest BCUT2D eigenvalue weighted by Crippen LogP contribution is -2.60. The number of ether oxygens (including phenoxy) is 1. The van der Waals surface area contributed by atoms with Gasteiger partial charge in [-0.05, 0) is 150 Å². The highest BCUT2D eigenvalue weighted by atomic mass is 16.5. The smallest absolute Gasteiger partial charge is 0.256 e. The van der Waals surface area contributed by atoms with Crippen molar-refractivity contribution in [3.8, 4) is 39.4 Å². The third kappa shape index (κ3) is 6.81. The zero-order chi connectivity index (χ0) is 54.1. The van der Waals surface area contributed by atoms with E-state index in [2.05, 4.69) is 290 Å². The fourth-order valence-electron chi connectivity index (χ4n) is 14.3. The van der Waals surface area contributed by atoms with Gasteiger partial charge in [0.25, 0.3) is 6.71 Å². The molecule has 5 heteroatoms. The molecule has 0 atom stereocenters. The largest absolute Gasteiger partial charge is 0.456 e. The van der Waals surface area contributed by atoms with Crippen molar-refractivity contribution < 1.29 is 4.74 Å². The van der Waals surface area contributed by atoms with Crippen LogP contribution in [0.15, 0.2) is 206 Å². The summed E-state index contributed by atoms with van der Waals surface area (Å²) in [7, 11) is 0. The number of aromatic nitrogens is 1. The first kappa shape index (κ1) is 47.7. The van der Waals surface area contributed by atoms with Gasteiger partial charge in [-0.1, -0.05) is 203 Å². The maximum atomic E-state index is 8.13. The minimum Gasteiger partial charge on any atom is -0.456 e. The van der Waals surface area contributed by atoms with E-state index in [1.165, 1.54) is 99.5 Å². The highest BCUT2D eigenvalue weighted by molar-refractivity contribution is 6.99. The molecule has 0 saturated heterocycles. The standard InChI is InChI=1S/C74H64BN3O/c1-71(2,3)45-33-36-49(37-34-45)77-63-38-35-46(72(4,5)6)39-60(63)75-61-43-56-52-28-18-21-31-58(52)74(9,10)67(56)69(70(61)79-66-41-50(40-65(77)68(66)75)76(47-23-13-11-14-24-47)48-25-15-12-16-26-48)78-62-32-22-19-29-53(62)55-42-59-54(44-64(55)78)51-27-17-20-30-57(51)73(59,7)8/h11-44H,1-10H3. The van der Waals surface area contributed by atoms with Crippen molar-refractivity contribution in [1.29, 1.82) is 0 Å². The predicted octanol–water partition coefficient (Wildman–Crippen LogP) is 17.9. The third-order valence-electron chi connectivity index (χ3n) is 18.3. The Morgan fingerprint density at radius 3 is 1.71 bits per heavy atom. The molecule has 0 radical (unpaired) electrons. The molecule has 0 N–H and O–H groups in total. The van der Waals surface area contributed by atoms with Gasteiger partial charge >= 0.3 is 0 Å². The van der Waals surface area contributed by atoms with Gasteiger partial charge in [-0.2, -0.15) is 0 Å².